The van der Waals surface area contributed by atoms with Gasteiger partial charge >= 0.3 is 5.97 Å². The van der Waals surface area contributed by atoms with Crippen LogP contribution >= 0.6 is 15.9 Å². The maximum atomic E-state index is 11.2. The number of rotatable bonds is 5. The molecule has 0 N–H and O–H groups in total. The van der Waals surface area contributed by atoms with Gasteiger partial charge in [-0.2, -0.15) is 0 Å². The molecule has 2 rings (SSSR count). The Labute approximate surface area is 134 Å². The predicted molar refractivity (Wildman–Crippen MR) is 84.2 cm³/mol. The zero-order valence-corrected chi connectivity index (χ0v) is 13.2. The van der Waals surface area contributed by atoms with Crippen LogP contribution in [0.1, 0.15) is 12.7 Å². The van der Waals surface area contributed by atoms with Crippen molar-refractivity contribution in [3.05, 3.63) is 56.8 Å². The highest BCUT2D eigenvalue weighted by molar-refractivity contribution is 9.10. The van der Waals surface area contributed by atoms with Gasteiger partial charge in [-0.25, -0.2) is 4.79 Å². The van der Waals surface area contributed by atoms with Gasteiger partial charge in [-0.15, -0.1) is 0 Å². The average molecular weight is 366 g/mol. The summed E-state index contributed by atoms with van der Waals surface area (Å²) in [4.78, 5) is 21.9. The third kappa shape index (κ3) is 3.82. The average Bonchev–Trinajstić information content (AvgIpc) is 2.94. The lowest BCUT2D eigenvalue weighted by Gasteiger charge is -2.00. The van der Waals surface area contributed by atoms with Crippen molar-refractivity contribution in [2.45, 2.75) is 6.92 Å². The summed E-state index contributed by atoms with van der Waals surface area (Å²) in [6.45, 7) is 2.00. The first-order valence-electron chi connectivity index (χ1n) is 6.40. The fourth-order valence-electron chi connectivity index (χ4n) is 1.79. The second kappa shape index (κ2) is 7.04. The maximum absolute atomic E-state index is 11.2. The number of benzene rings is 1. The Hall–Kier alpha value is -2.41. The summed E-state index contributed by atoms with van der Waals surface area (Å²) >= 11 is 3.20. The topological polar surface area (TPSA) is 82.6 Å². The second-order valence-corrected chi connectivity index (χ2v) is 5.12. The number of halogens is 1. The van der Waals surface area contributed by atoms with Crippen LogP contribution in [0.25, 0.3) is 17.4 Å². The van der Waals surface area contributed by atoms with Crippen LogP contribution in [-0.2, 0) is 9.53 Å². The molecule has 0 fully saturated rings. The molecule has 0 spiro atoms. The molecule has 0 aliphatic heterocycles. The minimum atomic E-state index is -0.477. The number of furan rings is 1. The fraction of sp³-hybridized carbons (Fsp3) is 0.133. The van der Waals surface area contributed by atoms with E-state index in [-0.39, 0.29) is 12.3 Å². The third-order valence-electron chi connectivity index (χ3n) is 2.72. The SMILES string of the molecule is CCOC(=O)/C=C/c1ccc(-c2ccc(Br)cc2[N+](=O)[O-])o1. The normalized spacial score (nSPS) is 10.8. The Morgan fingerprint density at radius 1 is 1.41 bits per heavy atom. The monoisotopic (exact) mass is 365 g/mol. The molecule has 1 aromatic heterocycles. The van der Waals surface area contributed by atoms with Crippen LogP contribution in [-0.4, -0.2) is 17.5 Å². The Morgan fingerprint density at radius 3 is 2.86 bits per heavy atom. The van der Waals surface area contributed by atoms with E-state index in [1.165, 1.54) is 18.2 Å². The van der Waals surface area contributed by atoms with Crippen LogP contribution in [0.3, 0.4) is 0 Å². The molecular weight excluding hydrogens is 354 g/mol. The van der Waals surface area contributed by atoms with Gasteiger partial charge in [0.15, 0.2) is 0 Å². The van der Waals surface area contributed by atoms with Crippen molar-refractivity contribution in [1.29, 1.82) is 0 Å². The van der Waals surface area contributed by atoms with E-state index in [9.17, 15) is 14.9 Å². The van der Waals surface area contributed by atoms with E-state index in [1.807, 2.05) is 0 Å². The Bertz CT molecular complexity index is 735. The van der Waals surface area contributed by atoms with Crippen LogP contribution in [0.4, 0.5) is 5.69 Å². The molecule has 22 heavy (non-hydrogen) atoms. The molecule has 2 aromatic rings. The van der Waals surface area contributed by atoms with Gasteiger partial charge in [0.05, 0.1) is 17.1 Å². The summed E-state index contributed by atoms with van der Waals surface area (Å²) in [6, 6.07) is 7.93. The molecule has 0 radical (unpaired) electrons. The van der Waals surface area contributed by atoms with Gasteiger partial charge in [0, 0.05) is 16.6 Å². The van der Waals surface area contributed by atoms with Gasteiger partial charge in [0.2, 0.25) is 0 Å². The number of nitro benzene ring substituents is 1. The highest BCUT2D eigenvalue weighted by atomic mass is 79.9. The van der Waals surface area contributed by atoms with E-state index < -0.39 is 10.9 Å². The minimum Gasteiger partial charge on any atom is -0.463 e. The standard InChI is InChI=1S/C15H12BrNO5/c1-2-21-15(18)8-5-11-4-7-14(22-11)12-6-3-10(16)9-13(12)17(19)20/h3-9H,2H2,1H3/b8-5+. The van der Waals surface area contributed by atoms with E-state index in [1.54, 1.807) is 31.2 Å². The number of hydrogen-bond donors (Lipinski definition) is 0. The van der Waals surface area contributed by atoms with Crippen molar-refractivity contribution in [1.82, 2.24) is 0 Å². The number of nitro groups is 1. The van der Waals surface area contributed by atoms with Crippen LogP contribution in [0.2, 0.25) is 0 Å². The quantitative estimate of drug-likeness (QED) is 0.343. The van der Waals surface area contributed by atoms with Gasteiger partial charge in [-0.3, -0.25) is 10.1 Å². The zero-order chi connectivity index (χ0) is 16.1. The van der Waals surface area contributed by atoms with Crippen LogP contribution in [0, 0.1) is 10.1 Å². The lowest BCUT2D eigenvalue weighted by Crippen LogP contribution is -1.98. The lowest BCUT2D eigenvalue weighted by atomic mass is 10.1. The molecule has 0 atom stereocenters. The fourth-order valence-corrected chi connectivity index (χ4v) is 2.14. The highest BCUT2D eigenvalue weighted by Gasteiger charge is 2.18. The molecule has 0 aliphatic carbocycles. The highest BCUT2D eigenvalue weighted by Crippen LogP contribution is 2.33. The molecule has 1 aromatic carbocycles. The Morgan fingerprint density at radius 2 is 2.18 bits per heavy atom. The molecule has 0 aliphatic rings. The molecular formula is C15H12BrNO5. The smallest absolute Gasteiger partial charge is 0.330 e. The Balaban J connectivity index is 2.29. The first kappa shape index (κ1) is 16.0. The first-order chi connectivity index (χ1) is 10.5. The van der Waals surface area contributed by atoms with Crippen LogP contribution in [0.5, 0.6) is 0 Å². The summed E-state index contributed by atoms with van der Waals surface area (Å²) in [5.41, 5.74) is 0.300. The molecule has 0 saturated carbocycles. The van der Waals surface area contributed by atoms with Gasteiger partial charge in [-0.05, 0) is 37.3 Å². The number of carbonyl (C=O) groups is 1. The maximum Gasteiger partial charge on any atom is 0.330 e. The van der Waals surface area contributed by atoms with E-state index >= 15 is 0 Å². The number of nitrogens with zero attached hydrogens (tertiary/aromatic N) is 1. The molecule has 1 heterocycles. The summed E-state index contributed by atoms with van der Waals surface area (Å²) in [5, 5.41) is 11.1. The summed E-state index contributed by atoms with van der Waals surface area (Å²) in [6.07, 6.45) is 2.69. The predicted octanol–water partition coefficient (Wildman–Crippen LogP) is 4.19. The summed E-state index contributed by atoms with van der Waals surface area (Å²) in [7, 11) is 0. The Kier molecular flexibility index (Phi) is 5.11. The van der Waals surface area contributed by atoms with Crippen molar-refractivity contribution >= 4 is 33.7 Å². The van der Waals surface area contributed by atoms with Crippen LogP contribution in [0.15, 0.2) is 45.3 Å². The van der Waals surface area contributed by atoms with Crippen molar-refractivity contribution in [2.75, 3.05) is 6.61 Å². The molecule has 7 heteroatoms. The van der Waals surface area contributed by atoms with Crippen molar-refractivity contribution in [2.24, 2.45) is 0 Å². The van der Waals surface area contributed by atoms with Gasteiger partial charge in [0.25, 0.3) is 5.69 Å². The van der Waals surface area contributed by atoms with Crippen molar-refractivity contribution in [3.63, 3.8) is 0 Å². The molecule has 0 saturated heterocycles. The molecule has 6 nitrogen and oxygen atoms in total. The van der Waals surface area contributed by atoms with Gasteiger partial charge in [0.1, 0.15) is 11.5 Å². The van der Waals surface area contributed by atoms with E-state index in [2.05, 4.69) is 15.9 Å². The molecule has 0 amide bonds. The van der Waals surface area contributed by atoms with Crippen molar-refractivity contribution < 1.29 is 18.9 Å². The van der Waals surface area contributed by atoms with Crippen molar-refractivity contribution in [3.8, 4) is 11.3 Å². The summed E-state index contributed by atoms with van der Waals surface area (Å²) in [5.74, 6) is 0.276. The lowest BCUT2D eigenvalue weighted by molar-refractivity contribution is -0.384. The summed E-state index contributed by atoms with van der Waals surface area (Å²) < 4.78 is 10.9. The number of esters is 1. The van der Waals surface area contributed by atoms with E-state index in [0.717, 1.165) is 0 Å². The number of carbonyl (C=O) groups excluding carboxylic acids is 1. The number of hydrogen-bond acceptors (Lipinski definition) is 5. The van der Waals surface area contributed by atoms with Crippen LogP contribution < -0.4 is 0 Å². The molecule has 0 bridgehead atoms. The zero-order valence-electron chi connectivity index (χ0n) is 11.6. The first-order valence-corrected chi connectivity index (χ1v) is 7.19. The van der Waals surface area contributed by atoms with E-state index in [4.69, 9.17) is 9.15 Å². The van der Waals surface area contributed by atoms with Gasteiger partial charge in [-0.1, -0.05) is 15.9 Å². The molecule has 0 unspecified atom stereocenters. The minimum absolute atomic E-state index is 0.0651. The third-order valence-corrected chi connectivity index (χ3v) is 3.21. The van der Waals surface area contributed by atoms with Gasteiger partial charge < -0.3 is 9.15 Å². The number of ether oxygens (including phenoxy) is 1. The second-order valence-electron chi connectivity index (χ2n) is 4.21. The van der Waals surface area contributed by atoms with E-state index in [0.29, 0.717) is 21.6 Å². The largest absolute Gasteiger partial charge is 0.463 e. The molecule has 114 valence electrons.